The van der Waals surface area contributed by atoms with Crippen molar-refractivity contribution in [3.8, 4) is 11.1 Å². The van der Waals surface area contributed by atoms with Gasteiger partial charge in [0.25, 0.3) is 0 Å². The zero-order valence-electron chi connectivity index (χ0n) is 30.7. The Morgan fingerprint density at radius 3 is 1.48 bits per heavy atom. The first kappa shape index (κ1) is 32.3. The summed E-state index contributed by atoms with van der Waals surface area (Å²) in [4.78, 5) is 11.3. The van der Waals surface area contributed by atoms with E-state index >= 15 is 0 Å². The SMILES string of the molecule is C1=CC(c2ccccc2)Cc2ccc(C3=Nc4cc5ccccc5cc4C(c4ccc5cc(-c6ccccc6)ccc5c4)=Nc4cc5ccccc5cc43)cc21. The molecule has 1 heterocycles. The molecule has 0 bridgehead atoms. The normalized spacial score (nSPS) is 14.7. The fourth-order valence-corrected chi connectivity index (χ4v) is 8.56. The van der Waals surface area contributed by atoms with Crippen molar-refractivity contribution in [3.63, 3.8) is 0 Å². The first-order valence-electron chi connectivity index (χ1n) is 19.4. The van der Waals surface area contributed by atoms with Gasteiger partial charge in [0.1, 0.15) is 0 Å². The molecule has 0 radical (unpaired) electrons. The van der Waals surface area contributed by atoms with Crippen LogP contribution in [0.25, 0.3) is 49.5 Å². The van der Waals surface area contributed by atoms with E-state index in [2.05, 4.69) is 200 Å². The Morgan fingerprint density at radius 1 is 0.375 bits per heavy atom. The average molecular weight is 713 g/mol. The highest BCUT2D eigenvalue weighted by Gasteiger charge is 2.24. The van der Waals surface area contributed by atoms with Crippen LogP contribution in [0.4, 0.5) is 11.4 Å². The summed E-state index contributed by atoms with van der Waals surface area (Å²) in [5.74, 6) is 0.370. The highest BCUT2D eigenvalue weighted by Crippen LogP contribution is 2.39. The average Bonchev–Trinajstić information content (AvgIpc) is 3.26. The first-order valence-corrected chi connectivity index (χ1v) is 19.4. The third kappa shape index (κ3) is 5.75. The number of aliphatic imine (C=N–C) groups is 2. The molecule has 1 aliphatic heterocycles. The molecule has 1 unspecified atom stereocenters. The van der Waals surface area contributed by atoms with E-state index in [0.717, 1.165) is 67.6 Å². The van der Waals surface area contributed by atoms with E-state index in [0.29, 0.717) is 5.92 Å². The van der Waals surface area contributed by atoms with Gasteiger partial charge in [0.15, 0.2) is 0 Å². The lowest BCUT2D eigenvalue weighted by molar-refractivity contribution is 0.827. The van der Waals surface area contributed by atoms with E-state index < -0.39 is 0 Å². The number of hydrogen-bond acceptors (Lipinski definition) is 2. The van der Waals surface area contributed by atoms with E-state index in [-0.39, 0.29) is 0 Å². The molecule has 0 aromatic heterocycles. The van der Waals surface area contributed by atoms with Crippen LogP contribution in [0.5, 0.6) is 0 Å². The van der Waals surface area contributed by atoms with Gasteiger partial charge in [0, 0.05) is 28.2 Å². The second-order valence-corrected chi connectivity index (χ2v) is 15.0. The minimum Gasteiger partial charge on any atom is -0.247 e. The minimum absolute atomic E-state index is 0.370. The van der Waals surface area contributed by atoms with Crippen LogP contribution < -0.4 is 0 Å². The lowest BCUT2D eigenvalue weighted by Gasteiger charge is -2.22. The van der Waals surface area contributed by atoms with Gasteiger partial charge >= 0.3 is 0 Å². The van der Waals surface area contributed by atoms with Crippen LogP contribution in [0.1, 0.15) is 44.9 Å². The summed E-state index contributed by atoms with van der Waals surface area (Å²) in [6, 6.07) is 67.9. The summed E-state index contributed by atoms with van der Waals surface area (Å²) in [5.41, 5.74) is 14.2. The number of benzene rings is 9. The number of allylic oxidation sites excluding steroid dienone is 1. The van der Waals surface area contributed by atoms with Crippen molar-refractivity contribution in [2.24, 2.45) is 9.98 Å². The van der Waals surface area contributed by atoms with Crippen LogP contribution in [0, 0.1) is 0 Å². The van der Waals surface area contributed by atoms with Crippen molar-refractivity contribution < 1.29 is 0 Å². The lowest BCUT2D eigenvalue weighted by atomic mass is 9.84. The van der Waals surface area contributed by atoms with E-state index in [1.807, 2.05) is 0 Å². The van der Waals surface area contributed by atoms with Crippen molar-refractivity contribution >= 4 is 61.2 Å². The van der Waals surface area contributed by atoms with Gasteiger partial charge < -0.3 is 0 Å². The van der Waals surface area contributed by atoms with E-state index in [1.165, 1.54) is 44.0 Å². The largest absolute Gasteiger partial charge is 0.247 e. The van der Waals surface area contributed by atoms with Gasteiger partial charge in [-0.25, -0.2) is 9.98 Å². The highest BCUT2D eigenvalue weighted by atomic mass is 14.8. The molecule has 2 aliphatic rings. The monoisotopic (exact) mass is 712 g/mol. The highest BCUT2D eigenvalue weighted by molar-refractivity contribution is 6.25. The Kier molecular flexibility index (Phi) is 7.67. The number of fused-ring (bicyclic) bond motifs is 6. The molecule has 0 amide bonds. The standard InChI is InChI=1S/C54H36N2/c1-3-11-35(12-4-1)41-19-21-45-29-47(25-23-43(45)27-41)53-49-31-37-15-7-9-17-39(37)33-51(49)56-54(50-32-38-16-8-10-18-40(38)34-52(50)55-53)48-26-24-44-28-42(20-22-46(44)30-48)36-13-5-2-6-14-36/h1-27,29-34,42H,28H2. The van der Waals surface area contributed by atoms with Crippen molar-refractivity contribution in [3.05, 3.63) is 233 Å². The number of nitrogens with zero attached hydrogens (tertiary/aromatic N) is 2. The van der Waals surface area contributed by atoms with Crippen LogP contribution in [-0.4, -0.2) is 11.4 Å². The number of rotatable bonds is 4. The van der Waals surface area contributed by atoms with Crippen molar-refractivity contribution in [1.82, 2.24) is 0 Å². The Morgan fingerprint density at radius 2 is 0.857 bits per heavy atom. The topological polar surface area (TPSA) is 24.7 Å². The number of hydrogen-bond donors (Lipinski definition) is 0. The van der Waals surface area contributed by atoms with Crippen LogP contribution in [0.3, 0.4) is 0 Å². The third-order valence-corrected chi connectivity index (χ3v) is 11.5. The fourth-order valence-electron chi connectivity index (χ4n) is 8.56. The summed E-state index contributed by atoms with van der Waals surface area (Å²) >= 11 is 0. The molecule has 9 aromatic carbocycles. The van der Waals surface area contributed by atoms with Crippen LogP contribution in [-0.2, 0) is 6.42 Å². The van der Waals surface area contributed by atoms with Crippen LogP contribution in [0.2, 0.25) is 0 Å². The maximum atomic E-state index is 5.67. The molecular formula is C54H36N2. The van der Waals surface area contributed by atoms with Crippen LogP contribution >= 0.6 is 0 Å². The predicted molar refractivity (Wildman–Crippen MR) is 236 cm³/mol. The molecule has 0 fully saturated rings. The molecule has 56 heavy (non-hydrogen) atoms. The fraction of sp³-hybridized carbons (Fsp3) is 0.0370. The van der Waals surface area contributed by atoms with Crippen molar-refractivity contribution in [1.29, 1.82) is 0 Å². The maximum absolute atomic E-state index is 5.67. The summed E-state index contributed by atoms with van der Waals surface area (Å²) in [7, 11) is 0. The molecule has 2 heteroatoms. The molecular weight excluding hydrogens is 677 g/mol. The Balaban J connectivity index is 1.11. The van der Waals surface area contributed by atoms with Gasteiger partial charge in [0.05, 0.1) is 22.8 Å². The molecule has 2 nitrogen and oxygen atoms in total. The molecule has 0 spiro atoms. The molecule has 1 atom stereocenters. The summed E-state index contributed by atoms with van der Waals surface area (Å²) in [6.45, 7) is 0. The molecule has 1 aliphatic carbocycles. The Labute approximate surface area is 326 Å². The summed E-state index contributed by atoms with van der Waals surface area (Å²) in [6.07, 6.45) is 5.63. The molecule has 0 N–H and O–H groups in total. The van der Waals surface area contributed by atoms with E-state index in [9.17, 15) is 0 Å². The minimum atomic E-state index is 0.370. The summed E-state index contributed by atoms with van der Waals surface area (Å²) in [5, 5.41) is 7.01. The quantitative estimate of drug-likeness (QED) is 0.174. The van der Waals surface area contributed by atoms with Gasteiger partial charge in [0.2, 0.25) is 0 Å². The van der Waals surface area contributed by atoms with Crippen molar-refractivity contribution in [2.45, 2.75) is 12.3 Å². The van der Waals surface area contributed by atoms with Gasteiger partial charge in [-0.1, -0.05) is 158 Å². The Hall–Kier alpha value is -7.16. The van der Waals surface area contributed by atoms with Crippen molar-refractivity contribution in [2.75, 3.05) is 0 Å². The van der Waals surface area contributed by atoms with Gasteiger partial charge in [-0.2, -0.15) is 0 Å². The van der Waals surface area contributed by atoms with Gasteiger partial charge in [-0.15, -0.1) is 0 Å². The van der Waals surface area contributed by atoms with Crippen LogP contribution in [0.15, 0.2) is 204 Å². The van der Waals surface area contributed by atoms with E-state index in [1.54, 1.807) is 0 Å². The zero-order valence-corrected chi connectivity index (χ0v) is 30.7. The molecule has 262 valence electrons. The van der Waals surface area contributed by atoms with Gasteiger partial charge in [-0.05, 0) is 109 Å². The smallest absolute Gasteiger partial charge is 0.0803 e. The second-order valence-electron chi connectivity index (χ2n) is 15.0. The van der Waals surface area contributed by atoms with E-state index in [4.69, 9.17) is 9.98 Å². The zero-order chi connectivity index (χ0) is 37.0. The van der Waals surface area contributed by atoms with Gasteiger partial charge in [-0.3, -0.25) is 0 Å². The molecule has 9 aromatic rings. The molecule has 0 saturated heterocycles. The molecule has 11 rings (SSSR count). The third-order valence-electron chi connectivity index (χ3n) is 11.5. The predicted octanol–water partition coefficient (Wildman–Crippen LogP) is 13.8. The molecule has 0 saturated carbocycles. The first-order chi connectivity index (χ1) is 27.7. The second kappa shape index (κ2) is 13.3. The summed E-state index contributed by atoms with van der Waals surface area (Å²) < 4.78 is 0. The lowest BCUT2D eigenvalue weighted by Crippen LogP contribution is -2.12. The maximum Gasteiger partial charge on any atom is 0.0803 e. The Bertz CT molecular complexity index is 3100.